The molecule has 18 heavy (non-hydrogen) atoms. The van der Waals surface area contributed by atoms with E-state index in [9.17, 15) is 0 Å². The van der Waals surface area contributed by atoms with Gasteiger partial charge in [-0.25, -0.2) is 0 Å². The first kappa shape index (κ1) is 13.0. The third-order valence-electron chi connectivity index (χ3n) is 5.82. The average Bonchev–Trinajstić information content (AvgIpc) is 2.09. The second-order valence-electron chi connectivity index (χ2n) is 8.85. The van der Waals surface area contributed by atoms with Crippen LogP contribution < -0.4 is 5.73 Å². The lowest BCUT2D eigenvalue weighted by atomic mass is 9.47. The molecule has 1 atom stereocenters. The van der Waals surface area contributed by atoms with Gasteiger partial charge in [-0.2, -0.15) is 0 Å². The summed E-state index contributed by atoms with van der Waals surface area (Å²) in [5.41, 5.74) is 7.35. The summed E-state index contributed by atoms with van der Waals surface area (Å²) in [4.78, 5) is 0. The molecular weight excluding hydrogens is 218 g/mol. The maximum absolute atomic E-state index is 6.64. The van der Waals surface area contributed by atoms with E-state index < -0.39 is 0 Å². The topological polar surface area (TPSA) is 26.0 Å². The summed E-state index contributed by atoms with van der Waals surface area (Å²) in [5, 5.41) is 0. The van der Waals surface area contributed by atoms with E-state index in [4.69, 9.17) is 5.73 Å². The van der Waals surface area contributed by atoms with E-state index in [1.165, 1.54) is 32.1 Å². The van der Waals surface area contributed by atoms with Gasteiger partial charge in [-0.3, -0.25) is 0 Å². The molecule has 4 aliphatic rings. The van der Waals surface area contributed by atoms with Gasteiger partial charge in [0, 0.05) is 5.54 Å². The molecule has 4 rings (SSSR count). The third-order valence-corrected chi connectivity index (χ3v) is 5.82. The number of hydrogen-bond acceptors (Lipinski definition) is 1. The largest absolute Gasteiger partial charge is 0.325 e. The van der Waals surface area contributed by atoms with E-state index in [-0.39, 0.29) is 5.54 Å². The molecule has 0 radical (unpaired) electrons. The lowest BCUT2D eigenvalue weighted by Crippen LogP contribution is -2.51. The lowest BCUT2D eigenvalue weighted by Gasteiger charge is -2.58. The van der Waals surface area contributed by atoms with Crippen molar-refractivity contribution in [1.82, 2.24) is 0 Å². The first-order chi connectivity index (χ1) is 8.36. The molecule has 1 nitrogen and oxygen atoms in total. The smallest absolute Gasteiger partial charge is 0.0133 e. The maximum atomic E-state index is 6.64. The van der Waals surface area contributed by atoms with Crippen LogP contribution in [0, 0.1) is 29.1 Å². The summed E-state index contributed by atoms with van der Waals surface area (Å²) in [5.74, 6) is 3.91. The Labute approximate surface area is 113 Å². The van der Waals surface area contributed by atoms with Gasteiger partial charge in [0.15, 0.2) is 0 Å². The molecule has 0 saturated heterocycles. The minimum Gasteiger partial charge on any atom is -0.325 e. The molecule has 0 aromatic rings. The summed E-state index contributed by atoms with van der Waals surface area (Å²) in [6.45, 7) is 6.93. The SMILES string of the molecule is CC(C)CC(C)(N)CC12CC3CC(CC(C3)C1)C2. The number of rotatable bonds is 4. The minimum absolute atomic E-state index is 0.0693. The first-order valence-corrected chi connectivity index (χ1v) is 8.15. The number of nitrogens with two attached hydrogens (primary N) is 1. The summed E-state index contributed by atoms with van der Waals surface area (Å²) in [6.07, 6.45) is 11.6. The van der Waals surface area contributed by atoms with Gasteiger partial charge in [-0.15, -0.1) is 0 Å². The van der Waals surface area contributed by atoms with Crippen LogP contribution in [0.3, 0.4) is 0 Å². The van der Waals surface area contributed by atoms with Gasteiger partial charge in [0.2, 0.25) is 0 Å². The molecule has 0 aromatic heterocycles. The van der Waals surface area contributed by atoms with Crippen LogP contribution in [0.15, 0.2) is 0 Å². The summed E-state index contributed by atoms with van der Waals surface area (Å²) >= 11 is 0. The zero-order valence-electron chi connectivity index (χ0n) is 12.5. The van der Waals surface area contributed by atoms with Gasteiger partial charge >= 0.3 is 0 Å². The van der Waals surface area contributed by atoms with E-state index in [2.05, 4.69) is 20.8 Å². The van der Waals surface area contributed by atoms with Crippen LogP contribution in [0.25, 0.3) is 0 Å². The Morgan fingerprint density at radius 3 is 1.89 bits per heavy atom. The fraction of sp³-hybridized carbons (Fsp3) is 1.00. The molecule has 0 heterocycles. The Hall–Kier alpha value is -0.0400. The molecule has 104 valence electrons. The molecule has 0 spiro atoms. The highest BCUT2D eigenvalue weighted by Gasteiger charge is 2.52. The minimum atomic E-state index is 0.0693. The predicted octanol–water partition coefficient (Wildman–Crippen LogP) is 4.36. The molecule has 4 saturated carbocycles. The van der Waals surface area contributed by atoms with E-state index >= 15 is 0 Å². The van der Waals surface area contributed by atoms with Crippen molar-refractivity contribution in [3.05, 3.63) is 0 Å². The second-order valence-corrected chi connectivity index (χ2v) is 8.85. The van der Waals surface area contributed by atoms with Crippen molar-refractivity contribution in [2.75, 3.05) is 0 Å². The first-order valence-electron chi connectivity index (χ1n) is 8.15. The lowest BCUT2D eigenvalue weighted by molar-refractivity contribution is -0.0681. The van der Waals surface area contributed by atoms with Crippen molar-refractivity contribution in [1.29, 1.82) is 0 Å². The molecular formula is C17H31N. The van der Waals surface area contributed by atoms with Crippen LogP contribution in [0.4, 0.5) is 0 Å². The molecule has 1 heteroatoms. The van der Waals surface area contributed by atoms with Crippen molar-refractivity contribution in [2.24, 2.45) is 34.8 Å². The molecule has 4 aliphatic carbocycles. The van der Waals surface area contributed by atoms with Crippen LogP contribution in [-0.2, 0) is 0 Å². The summed E-state index contributed by atoms with van der Waals surface area (Å²) < 4.78 is 0. The predicted molar refractivity (Wildman–Crippen MR) is 77.3 cm³/mol. The molecule has 1 unspecified atom stereocenters. The highest BCUT2D eigenvalue weighted by atomic mass is 14.7. The third kappa shape index (κ3) is 2.48. The molecule has 2 N–H and O–H groups in total. The van der Waals surface area contributed by atoms with Crippen molar-refractivity contribution >= 4 is 0 Å². The van der Waals surface area contributed by atoms with E-state index in [1.54, 1.807) is 19.3 Å². The Morgan fingerprint density at radius 1 is 1.06 bits per heavy atom. The van der Waals surface area contributed by atoms with Crippen molar-refractivity contribution < 1.29 is 0 Å². The summed E-state index contributed by atoms with van der Waals surface area (Å²) in [7, 11) is 0. The Kier molecular flexibility index (Phi) is 3.05. The highest BCUT2D eigenvalue weighted by Crippen LogP contribution is 2.62. The highest BCUT2D eigenvalue weighted by molar-refractivity contribution is 5.04. The standard InChI is InChI=1S/C17H31N/c1-12(2)7-16(3,18)11-17-8-13-4-14(9-17)6-15(5-13)10-17/h12-15H,4-11,18H2,1-3H3. The molecule has 0 aromatic carbocycles. The quantitative estimate of drug-likeness (QED) is 0.787. The average molecular weight is 249 g/mol. The van der Waals surface area contributed by atoms with Crippen molar-refractivity contribution in [3.8, 4) is 0 Å². The van der Waals surface area contributed by atoms with E-state index in [1.807, 2.05) is 0 Å². The van der Waals surface area contributed by atoms with Crippen LogP contribution >= 0.6 is 0 Å². The number of hydrogen-bond donors (Lipinski definition) is 1. The maximum Gasteiger partial charge on any atom is 0.0133 e. The molecule has 4 bridgehead atoms. The van der Waals surface area contributed by atoms with Gasteiger partial charge < -0.3 is 5.73 Å². The van der Waals surface area contributed by atoms with E-state index in [0.29, 0.717) is 5.41 Å². The summed E-state index contributed by atoms with van der Waals surface area (Å²) in [6, 6.07) is 0. The van der Waals surface area contributed by atoms with Crippen LogP contribution in [0.5, 0.6) is 0 Å². The fourth-order valence-corrected chi connectivity index (χ4v) is 6.37. The molecule has 4 fully saturated rings. The molecule has 0 aliphatic heterocycles. The Bertz CT molecular complexity index is 280. The van der Waals surface area contributed by atoms with Gasteiger partial charge in [-0.05, 0) is 87.4 Å². The van der Waals surface area contributed by atoms with Crippen LogP contribution in [0.2, 0.25) is 0 Å². The normalized spacial score (nSPS) is 45.5. The monoisotopic (exact) mass is 249 g/mol. The van der Waals surface area contributed by atoms with Crippen LogP contribution in [0.1, 0.15) is 72.1 Å². The van der Waals surface area contributed by atoms with Gasteiger partial charge in [0.05, 0.1) is 0 Å². The van der Waals surface area contributed by atoms with Crippen molar-refractivity contribution in [3.63, 3.8) is 0 Å². The second kappa shape index (κ2) is 4.23. The fourth-order valence-electron chi connectivity index (χ4n) is 6.37. The zero-order valence-corrected chi connectivity index (χ0v) is 12.5. The van der Waals surface area contributed by atoms with Gasteiger partial charge in [0.25, 0.3) is 0 Å². The molecule has 0 amide bonds. The Balaban J connectivity index is 1.72. The van der Waals surface area contributed by atoms with Crippen LogP contribution in [-0.4, -0.2) is 5.54 Å². The van der Waals surface area contributed by atoms with E-state index in [0.717, 1.165) is 23.7 Å². The van der Waals surface area contributed by atoms with Gasteiger partial charge in [-0.1, -0.05) is 13.8 Å². The Morgan fingerprint density at radius 2 is 1.50 bits per heavy atom. The van der Waals surface area contributed by atoms with Gasteiger partial charge in [0.1, 0.15) is 0 Å². The van der Waals surface area contributed by atoms with Crippen molar-refractivity contribution in [2.45, 2.75) is 77.7 Å². The zero-order chi connectivity index (χ0) is 13.0.